The van der Waals surface area contributed by atoms with Gasteiger partial charge in [0.05, 0.1) is 19.0 Å². The van der Waals surface area contributed by atoms with E-state index in [1.807, 2.05) is 30.5 Å². The van der Waals surface area contributed by atoms with Crippen LogP contribution >= 0.6 is 11.3 Å². The molecule has 5 nitrogen and oxygen atoms in total. The van der Waals surface area contributed by atoms with Gasteiger partial charge in [-0.25, -0.2) is 9.36 Å². The van der Waals surface area contributed by atoms with Crippen molar-refractivity contribution in [1.29, 1.82) is 0 Å². The highest BCUT2D eigenvalue weighted by atomic mass is 32.1. The van der Waals surface area contributed by atoms with Gasteiger partial charge in [-0.1, -0.05) is 12.0 Å². The normalized spacial score (nSPS) is 10.7. The smallest absolute Gasteiger partial charge is 0.330 e. The molecule has 0 spiro atoms. The Morgan fingerprint density at radius 2 is 2.17 bits per heavy atom. The SMILES string of the molecule is C#CCn1c(=O)[nH]c2scc(-c3ccc(OC)c(C)c3)c2c1=O. The molecule has 0 fully saturated rings. The van der Waals surface area contributed by atoms with Crippen LogP contribution in [0.4, 0.5) is 0 Å². The number of nitrogens with one attached hydrogen (secondary N) is 1. The number of rotatable bonds is 3. The Hall–Kier alpha value is -2.78. The zero-order valence-corrected chi connectivity index (χ0v) is 13.5. The Kier molecular flexibility index (Phi) is 3.80. The molecular formula is C17H14N2O3S. The summed E-state index contributed by atoms with van der Waals surface area (Å²) in [6.07, 6.45) is 5.24. The highest BCUT2D eigenvalue weighted by molar-refractivity contribution is 7.17. The predicted octanol–water partition coefficient (Wildman–Crippen LogP) is 2.37. The maximum Gasteiger partial charge on any atom is 0.330 e. The molecule has 0 bridgehead atoms. The van der Waals surface area contributed by atoms with E-state index in [1.54, 1.807) is 7.11 Å². The van der Waals surface area contributed by atoms with Gasteiger partial charge in [0.15, 0.2) is 0 Å². The van der Waals surface area contributed by atoms with Crippen LogP contribution in [0.25, 0.3) is 21.3 Å². The van der Waals surface area contributed by atoms with Crippen LogP contribution in [0.2, 0.25) is 0 Å². The van der Waals surface area contributed by atoms with Gasteiger partial charge < -0.3 is 4.74 Å². The Balaban J connectivity index is 2.29. The summed E-state index contributed by atoms with van der Waals surface area (Å²) in [4.78, 5) is 27.8. The number of aromatic amines is 1. The monoisotopic (exact) mass is 326 g/mol. The van der Waals surface area contributed by atoms with Crippen LogP contribution in [-0.2, 0) is 6.54 Å². The van der Waals surface area contributed by atoms with Crippen LogP contribution in [0.15, 0.2) is 33.2 Å². The second kappa shape index (κ2) is 5.78. The van der Waals surface area contributed by atoms with Crippen molar-refractivity contribution < 1.29 is 4.74 Å². The summed E-state index contributed by atoms with van der Waals surface area (Å²) in [5.74, 6) is 3.12. The van der Waals surface area contributed by atoms with Crippen molar-refractivity contribution in [1.82, 2.24) is 9.55 Å². The molecule has 0 amide bonds. The van der Waals surface area contributed by atoms with Crippen molar-refractivity contribution in [2.45, 2.75) is 13.5 Å². The third-order valence-corrected chi connectivity index (χ3v) is 4.57. The molecule has 2 aromatic heterocycles. The first-order chi connectivity index (χ1) is 11.1. The molecule has 1 aromatic carbocycles. The van der Waals surface area contributed by atoms with Gasteiger partial charge in [0.25, 0.3) is 5.56 Å². The Morgan fingerprint density at radius 1 is 1.39 bits per heavy atom. The first-order valence-corrected chi connectivity index (χ1v) is 7.77. The molecule has 0 atom stereocenters. The Bertz CT molecular complexity index is 1050. The topological polar surface area (TPSA) is 64.1 Å². The quantitative estimate of drug-likeness (QED) is 0.752. The fourth-order valence-corrected chi connectivity index (χ4v) is 3.50. The van der Waals surface area contributed by atoms with Gasteiger partial charge in [-0.15, -0.1) is 17.8 Å². The standard InChI is InChI=1S/C17H14N2O3S/c1-4-7-19-16(20)14-12(9-23-15(14)18-17(19)21)11-5-6-13(22-3)10(2)8-11/h1,5-6,8-9H,7H2,2-3H3,(H,18,21). The number of terminal acetylenes is 1. The van der Waals surface area contributed by atoms with Crippen molar-refractivity contribution in [3.63, 3.8) is 0 Å². The fourth-order valence-electron chi connectivity index (χ4n) is 2.55. The zero-order chi connectivity index (χ0) is 16.6. The second-order valence-corrected chi connectivity index (χ2v) is 5.94. The molecule has 0 aliphatic rings. The highest BCUT2D eigenvalue weighted by Crippen LogP contribution is 2.32. The van der Waals surface area contributed by atoms with Crippen LogP contribution in [0.5, 0.6) is 5.75 Å². The summed E-state index contributed by atoms with van der Waals surface area (Å²) in [7, 11) is 1.62. The summed E-state index contributed by atoms with van der Waals surface area (Å²) in [5, 5.41) is 2.35. The summed E-state index contributed by atoms with van der Waals surface area (Å²) >= 11 is 1.33. The second-order valence-electron chi connectivity index (χ2n) is 5.06. The molecule has 1 N–H and O–H groups in total. The number of benzene rings is 1. The lowest BCUT2D eigenvalue weighted by Crippen LogP contribution is -2.34. The molecule has 0 saturated heterocycles. The number of ether oxygens (including phenoxy) is 1. The predicted molar refractivity (Wildman–Crippen MR) is 92.3 cm³/mol. The van der Waals surface area contributed by atoms with E-state index in [0.717, 1.165) is 27.0 Å². The first-order valence-electron chi connectivity index (χ1n) is 6.89. The molecule has 0 aliphatic carbocycles. The number of H-pyrrole nitrogens is 1. The van der Waals surface area contributed by atoms with Crippen LogP contribution < -0.4 is 16.0 Å². The van der Waals surface area contributed by atoms with Gasteiger partial charge >= 0.3 is 5.69 Å². The third kappa shape index (κ3) is 2.45. The minimum Gasteiger partial charge on any atom is -0.496 e. The number of aryl methyl sites for hydroxylation is 1. The van der Waals surface area contributed by atoms with E-state index in [2.05, 4.69) is 10.9 Å². The van der Waals surface area contributed by atoms with E-state index in [4.69, 9.17) is 11.2 Å². The van der Waals surface area contributed by atoms with Gasteiger partial charge in [0, 0.05) is 10.9 Å². The molecule has 0 radical (unpaired) electrons. The fraction of sp³-hybridized carbons (Fsp3) is 0.176. The van der Waals surface area contributed by atoms with Gasteiger partial charge in [-0.3, -0.25) is 9.78 Å². The van der Waals surface area contributed by atoms with Crippen molar-refractivity contribution in [2.75, 3.05) is 7.11 Å². The lowest BCUT2D eigenvalue weighted by atomic mass is 10.0. The molecule has 3 aromatic rings. The number of fused-ring (bicyclic) bond motifs is 1. The molecular weight excluding hydrogens is 312 g/mol. The summed E-state index contributed by atoms with van der Waals surface area (Å²) in [5.41, 5.74) is 1.79. The van der Waals surface area contributed by atoms with Gasteiger partial charge in [0.1, 0.15) is 10.6 Å². The third-order valence-electron chi connectivity index (χ3n) is 3.67. The van der Waals surface area contributed by atoms with Crippen LogP contribution in [-0.4, -0.2) is 16.7 Å². The maximum absolute atomic E-state index is 12.6. The van der Waals surface area contributed by atoms with E-state index in [0.29, 0.717) is 10.2 Å². The zero-order valence-electron chi connectivity index (χ0n) is 12.7. The van der Waals surface area contributed by atoms with Crippen LogP contribution in [0, 0.1) is 19.3 Å². The summed E-state index contributed by atoms with van der Waals surface area (Å²) < 4.78 is 6.30. The summed E-state index contributed by atoms with van der Waals surface area (Å²) in [6.45, 7) is 1.89. The molecule has 116 valence electrons. The van der Waals surface area contributed by atoms with Crippen molar-refractivity contribution >= 4 is 21.6 Å². The molecule has 0 unspecified atom stereocenters. The van der Waals surface area contributed by atoms with Gasteiger partial charge in [-0.05, 0) is 30.2 Å². The van der Waals surface area contributed by atoms with Crippen molar-refractivity contribution in [3.8, 4) is 29.2 Å². The number of hydrogen-bond acceptors (Lipinski definition) is 4. The molecule has 6 heteroatoms. The largest absolute Gasteiger partial charge is 0.496 e. The lowest BCUT2D eigenvalue weighted by molar-refractivity contribution is 0.412. The minimum absolute atomic E-state index is 0.0545. The average molecular weight is 326 g/mol. The van der Waals surface area contributed by atoms with Crippen LogP contribution in [0.3, 0.4) is 0 Å². The molecule has 0 saturated carbocycles. The number of aromatic nitrogens is 2. The van der Waals surface area contributed by atoms with Crippen molar-refractivity contribution in [3.05, 3.63) is 50.0 Å². The average Bonchev–Trinajstić information content (AvgIpc) is 2.95. The maximum atomic E-state index is 12.6. The molecule has 23 heavy (non-hydrogen) atoms. The molecule has 2 heterocycles. The van der Waals surface area contributed by atoms with Crippen molar-refractivity contribution in [2.24, 2.45) is 0 Å². The number of thiophene rings is 1. The highest BCUT2D eigenvalue weighted by Gasteiger charge is 2.15. The van der Waals surface area contributed by atoms with E-state index in [1.165, 1.54) is 11.3 Å². The Morgan fingerprint density at radius 3 is 2.83 bits per heavy atom. The minimum atomic E-state index is -0.486. The number of methoxy groups -OCH3 is 1. The van der Waals surface area contributed by atoms with E-state index in [9.17, 15) is 9.59 Å². The van der Waals surface area contributed by atoms with Crippen LogP contribution in [0.1, 0.15) is 5.56 Å². The van der Waals surface area contributed by atoms with E-state index < -0.39 is 5.69 Å². The molecule has 3 rings (SSSR count). The summed E-state index contributed by atoms with van der Waals surface area (Å²) in [6, 6.07) is 5.71. The number of nitrogens with zero attached hydrogens (tertiary/aromatic N) is 1. The van der Waals surface area contributed by atoms with E-state index in [-0.39, 0.29) is 12.1 Å². The van der Waals surface area contributed by atoms with Gasteiger partial charge in [-0.2, -0.15) is 0 Å². The first kappa shape index (κ1) is 15.1. The van der Waals surface area contributed by atoms with Gasteiger partial charge in [0.2, 0.25) is 0 Å². The number of hydrogen-bond donors (Lipinski definition) is 1. The van der Waals surface area contributed by atoms with E-state index >= 15 is 0 Å². The molecule has 0 aliphatic heterocycles. The lowest BCUT2D eigenvalue weighted by Gasteiger charge is -2.07. The Labute approximate surface area is 136 Å².